The maximum absolute atomic E-state index is 11.4. The Bertz CT molecular complexity index is 293. The van der Waals surface area contributed by atoms with Crippen molar-refractivity contribution in [3.8, 4) is 0 Å². The Hall–Kier alpha value is -1.36. The molecule has 0 bridgehead atoms. The van der Waals surface area contributed by atoms with Crippen LogP contribution in [0.5, 0.6) is 0 Å². The Morgan fingerprint density at radius 2 is 2.00 bits per heavy atom. The number of hydrogen-bond donors (Lipinski definition) is 3. The first kappa shape index (κ1) is 15.6. The van der Waals surface area contributed by atoms with Crippen LogP contribution in [0.1, 0.15) is 33.6 Å². The number of carboxylic acid groups (broad SMARTS) is 1. The zero-order valence-electron chi connectivity index (χ0n) is 10.7. The van der Waals surface area contributed by atoms with E-state index in [2.05, 4.69) is 5.32 Å². The second-order valence-corrected chi connectivity index (χ2v) is 5.21. The minimum atomic E-state index is -0.914. The number of carbonyl (C=O) groups excluding carboxylic acids is 1. The molecule has 0 spiro atoms. The van der Waals surface area contributed by atoms with Gasteiger partial charge < -0.3 is 16.2 Å². The molecule has 0 fully saturated rings. The van der Waals surface area contributed by atoms with E-state index in [-0.39, 0.29) is 30.3 Å². The molecule has 1 atom stereocenters. The first-order chi connectivity index (χ1) is 7.74. The third-order valence-electron chi connectivity index (χ3n) is 2.03. The quantitative estimate of drug-likeness (QED) is 0.603. The topological polar surface area (TPSA) is 92.4 Å². The monoisotopic (exact) mass is 242 g/mol. The molecule has 0 rings (SSSR count). The maximum atomic E-state index is 11.4. The normalized spacial score (nSPS) is 13.6. The highest BCUT2D eigenvalue weighted by Crippen LogP contribution is 2.22. The molecule has 4 N–H and O–H groups in total. The number of carbonyl (C=O) groups is 2. The Morgan fingerprint density at radius 3 is 2.41 bits per heavy atom. The van der Waals surface area contributed by atoms with Crippen LogP contribution in [0, 0.1) is 5.41 Å². The fourth-order valence-corrected chi connectivity index (χ4v) is 1.55. The van der Waals surface area contributed by atoms with E-state index in [0.717, 1.165) is 0 Å². The van der Waals surface area contributed by atoms with E-state index in [1.165, 1.54) is 12.2 Å². The van der Waals surface area contributed by atoms with E-state index in [1.807, 2.05) is 20.8 Å². The average Bonchev–Trinajstić information content (AvgIpc) is 2.10. The van der Waals surface area contributed by atoms with Crippen molar-refractivity contribution in [3.63, 3.8) is 0 Å². The van der Waals surface area contributed by atoms with Gasteiger partial charge in [-0.25, -0.2) is 0 Å². The van der Waals surface area contributed by atoms with Crippen LogP contribution >= 0.6 is 0 Å². The van der Waals surface area contributed by atoms with Gasteiger partial charge in [-0.2, -0.15) is 0 Å². The van der Waals surface area contributed by atoms with Crippen LogP contribution < -0.4 is 11.1 Å². The van der Waals surface area contributed by atoms with Crippen LogP contribution in [0.2, 0.25) is 0 Å². The zero-order chi connectivity index (χ0) is 13.5. The summed E-state index contributed by atoms with van der Waals surface area (Å²) in [5.74, 6) is -1.21. The highest BCUT2D eigenvalue weighted by Gasteiger charge is 2.21. The summed E-state index contributed by atoms with van der Waals surface area (Å²) < 4.78 is 0. The van der Waals surface area contributed by atoms with Crippen molar-refractivity contribution < 1.29 is 14.7 Å². The molecule has 5 heteroatoms. The second-order valence-electron chi connectivity index (χ2n) is 5.21. The van der Waals surface area contributed by atoms with Crippen LogP contribution in [0.25, 0.3) is 0 Å². The lowest BCUT2D eigenvalue weighted by Crippen LogP contribution is -2.38. The summed E-state index contributed by atoms with van der Waals surface area (Å²) in [6, 6.07) is -0.359. The van der Waals surface area contributed by atoms with Crippen LogP contribution in [0.3, 0.4) is 0 Å². The molecule has 0 aromatic carbocycles. The van der Waals surface area contributed by atoms with Crippen molar-refractivity contribution in [2.45, 2.75) is 39.7 Å². The highest BCUT2D eigenvalue weighted by atomic mass is 16.4. The van der Waals surface area contributed by atoms with Crippen LogP contribution in [0.4, 0.5) is 0 Å². The fourth-order valence-electron chi connectivity index (χ4n) is 1.55. The summed E-state index contributed by atoms with van der Waals surface area (Å²) in [5, 5.41) is 11.5. The smallest absolute Gasteiger partial charge is 0.305 e. The minimum Gasteiger partial charge on any atom is -0.481 e. The largest absolute Gasteiger partial charge is 0.481 e. The van der Waals surface area contributed by atoms with E-state index in [4.69, 9.17) is 10.8 Å². The summed E-state index contributed by atoms with van der Waals surface area (Å²) in [4.78, 5) is 22.1. The molecular weight excluding hydrogens is 220 g/mol. The van der Waals surface area contributed by atoms with Gasteiger partial charge >= 0.3 is 5.97 Å². The van der Waals surface area contributed by atoms with E-state index in [9.17, 15) is 9.59 Å². The molecule has 98 valence electrons. The van der Waals surface area contributed by atoms with Crippen molar-refractivity contribution in [1.82, 2.24) is 5.32 Å². The fraction of sp³-hybridized carbons (Fsp3) is 0.667. The summed E-state index contributed by atoms with van der Waals surface area (Å²) in [6.45, 7) is 6.30. The summed E-state index contributed by atoms with van der Waals surface area (Å²) in [7, 11) is 0. The van der Waals surface area contributed by atoms with Crippen LogP contribution in [-0.2, 0) is 9.59 Å². The van der Waals surface area contributed by atoms with Crippen LogP contribution in [-0.4, -0.2) is 29.6 Å². The lowest BCUT2D eigenvalue weighted by Gasteiger charge is -2.25. The first-order valence-electron chi connectivity index (χ1n) is 5.63. The maximum Gasteiger partial charge on any atom is 0.305 e. The number of hydrogen-bond acceptors (Lipinski definition) is 3. The van der Waals surface area contributed by atoms with Gasteiger partial charge in [-0.3, -0.25) is 9.59 Å². The number of rotatable bonds is 6. The molecular formula is C12H22N2O3. The first-order valence-corrected chi connectivity index (χ1v) is 5.63. The number of nitrogens with one attached hydrogen (secondary N) is 1. The van der Waals surface area contributed by atoms with Gasteiger partial charge in [0, 0.05) is 18.7 Å². The van der Waals surface area contributed by atoms with Gasteiger partial charge in [0.25, 0.3) is 0 Å². The minimum absolute atomic E-state index is 0.0367. The number of aliphatic carboxylic acids is 1. The molecule has 0 saturated carbocycles. The highest BCUT2D eigenvalue weighted by molar-refractivity contribution is 5.88. The molecule has 1 amide bonds. The molecule has 0 radical (unpaired) electrons. The molecule has 0 heterocycles. The van der Waals surface area contributed by atoms with Crippen molar-refractivity contribution >= 4 is 11.9 Å². The number of carboxylic acids is 1. The van der Waals surface area contributed by atoms with E-state index in [1.54, 1.807) is 0 Å². The molecule has 0 aliphatic heterocycles. The molecule has 0 aliphatic rings. The Balaban J connectivity index is 4.43. The Morgan fingerprint density at radius 1 is 1.41 bits per heavy atom. The lowest BCUT2D eigenvalue weighted by atomic mass is 9.87. The molecule has 17 heavy (non-hydrogen) atoms. The van der Waals surface area contributed by atoms with E-state index >= 15 is 0 Å². The third kappa shape index (κ3) is 9.56. The van der Waals surface area contributed by atoms with Gasteiger partial charge in [-0.05, 0) is 11.8 Å². The lowest BCUT2D eigenvalue weighted by molar-refractivity contribution is -0.137. The van der Waals surface area contributed by atoms with Crippen molar-refractivity contribution in [2.24, 2.45) is 11.1 Å². The molecule has 5 nitrogen and oxygen atoms in total. The predicted octanol–water partition coefficient (Wildman–Crippen LogP) is 0.897. The number of nitrogens with two attached hydrogens (primary N) is 1. The summed E-state index contributed by atoms with van der Waals surface area (Å²) >= 11 is 0. The van der Waals surface area contributed by atoms with Gasteiger partial charge in [0.2, 0.25) is 5.91 Å². The summed E-state index contributed by atoms with van der Waals surface area (Å²) in [5.41, 5.74) is 5.19. The molecule has 0 aromatic rings. The van der Waals surface area contributed by atoms with Gasteiger partial charge in [-0.1, -0.05) is 26.8 Å². The number of amides is 1. The Labute approximate surface area is 102 Å². The third-order valence-corrected chi connectivity index (χ3v) is 2.03. The predicted molar refractivity (Wildman–Crippen MR) is 66.4 cm³/mol. The van der Waals surface area contributed by atoms with Crippen molar-refractivity contribution in [1.29, 1.82) is 0 Å². The molecule has 0 saturated heterocycles. The van der Waals surface area contributed by atoms with Gasteiger partial charge in [0.15, 0.2) is 0 Å². The molecule has 0 aliphatic carbocycles. The molecule has 0 aromatic heterocycles. The van der Waals surface area contributed by atoms with Gasteiger partial charge in [-0.15, -0.1) is 0 Å². The van der Waals surface area contributed by atoms with Gasteiger partial charge in [0.1, 0.15) is 0 Å². The summed E-state index contributed by atoms with van der Waals surface area (Å²) in [6.07, 6.45) is 3.41. The molecule has 1 unspecified atom stereocenters. The van der Waals surface area contributed by atoms with Crippen molar-refractivity contribution in [2.75, 3.05) is 6.54 Å². The average molecular weight is 242 g/mol. The SMILES string of the molecule is CC(C)(C)CC(CC(=O)O)NC(=O)/C=C/CN. The Kier molecular flexibility index (Phi) is 6.50. The van der Waals surface area contributed by atoms with E-state index < -0.39 is 5.97 Å². The van der Waals surface area contributed by atoms with E-state index in [0.29, 0.717) is 6.42 Å². The zero-order valence-corrected chi connectivity index (χ0v) is 10.7. The standard InChI is InChI=1S/C12H22N2O3/c1-12(2,3)8-9(7-11(16)17)14-10(15)5-4-6-13/h4-5,9H,6-8,13H2,1-3H3,(H,14,15)(H,16,17)/b5-4+. The van der Waals surface area contributed by atoms with Crippen molar-refractivity contribution in [3.05, 3.63) is 12.2 Å². The van der Waals surface area contributed by atoms with Crippen LogP contribution in [0.15, 0.2) is 12.2 Å². The van der Waals surface area contributed by atoms with Gasteiger partial charge in [0.05, 0.1) is 6.42 Å². The second kappa shape index (κ2) is 7.06.